The van der Waals surface area contributed by atoms with Crippen LogP contribution in [0, 0.1) is 11.5 Å². The van der Waals surface area contributed by atoms with Crippen LogP contribution in [0.1, 0.15) is 46.7 Å². The number of aromatic nitrogens is 4. The molecule has 0 aromatic carbocycles. The van der Waals surface area contributed by atoms with Gasteiger partial charge in [-0.05, 0) is 37.9 Å². The number of ether oxygens (including phenoxy) is 3. The smallest absolute Gasteiger partial charge is 0.208 e. The Bertz CT molecular complexity index is 1170. The van der Waals surface area contributed by atoms with E-state index in [1.54, 1.807) is 6.33 Å². The van der Waals surface area contributed by atoms with Gasteiger partial charge in [0.1, 0.15) is 31.9 Å². The van der Waals surface area contributed by atoms with Crippen molar-refractivity contribution >= 4 is 33.4 Å². The lowest BCUT2D eigenvalue weighted by atomic mass is 10.1. The van der Waals surface area contributed by atoms with Crippen LogP contribution in [-0.4, -0.2) is 66.6 Å². The van der Waals surface area contributed by atoms with E-state index in [1.165, 1.54) is 0 Å². The van der Waals surface area contributed by atoms with Gasteiger partial charge in [0.05, 0.1) is 12.9 Å². The summed E-state index contributed by atoms with van der Waals surface area (Å²) in [6.45, 7) is 21.9. The minimum atomic E-state index is -1.97. The Morgan fingerprint density at radius 2 is 1.77 bits per heavy atom. The number of hydrogen-bond donors (Lipinski definition) is 1. The number of anilines is 1. The number of nitrogens with two attached hydrogens (primary N) is 1. The lowest BCUT2D eigenvalue weighted by molar-refractivity contribution is -0.199. The molecule has 2 fully saturated rings. The van der Waals surface area contributed by atoms with Crippen molar-refractivity contribution in [3.63, 3.8) is 0 Å². The van der Waals surface area contributed by atoms with Gasteiger partial charge in [-0.15, -0.1) is 5.54 Å². The maximum absolute atomic E-state index is 6.52. The van der Waals surface area contributed by atoms with Gasteiger partial charge in [0.25, 0.3) is 0 Å². The molecule has 2 aromatic heterocycles. The van der Waals surface area contributed by atoms with Crippen LogP contribution in [0.25, 0.3) is 11.2 Å². The van der Waals surface area contributed by atoms with Crippen LogP contribution in [0.5, 0.6) is 0 Å². The molecule has 2 N–H and O–H groups in total. The van der Waals surface area contributed by atoms with Crippen molar-refractivity contribution in [3.8, 4) is 11.5 Å². The molecule has 0 amide bonds. The van der Waals surface area contributed by atoms with Crippen molar-refractivity contribution in [3.05, 3.63) is 12.2 Å². The molecule has 11 heteroatoms. The van der Waals surface area contributed by atoms with Crippen LogP contribution in [0.3, 0.4) is 0 Å². The maximum atomic E-state index is 6.52. The first-order valence-electron chi connectivity index (χ1n) is 12.2. The standard InChI is InChI=1S/C24H39N5O4Si2/c1-23(2,3)35(9,10)30-13-15-18-19(33-24(4,5)32-18)22(31-15)29-14-26-17-20(25)27-16(28-21(17)29)11-12-34(6,7)8/h14-15,18-19,22H,13H2,1-10H3,(H2,25,27,28). The van der Waals surface area contributed by atoms with Crippen LogP contribution in [0.4, 0.5) is 5.82 Å². The van der Waals surface area contributed by atoms with Gasteiger partial charge in [-0.1, -0.05) is 40.4 Å². The second-order valence-electron chi connectivity index (χ2n) is 12.5. The van der Waals surface area contributed by atoms with Crippen LogP contribution >= 0.6 is 0 Å². The van der Waals surface area contributed by atoms with Gasteiger partial charge in [0.2, 0.25) is 5.82 Å². The summed E-state index contributed by atoms with van der Waals surface area (Å²) >= 11 is 0. The molecule has 2 aromatic rings. The molecule has 4 unspecified atom stereocenters. The number of fused-ring (bicyclic) bond motifs is 2. The molecule has 0 spiro atoms. The van der Waals surface area contributed by atoms with E-state index in [9.17, 15) is 0 Å². The highest BCUT2D eigenvalue weighted by Gasteiger charge is 2.56. The average molecular weight is 518 g/mol. The van der Waals surface area contributed by atoms with Crippen molar-refractivity contribution in [1.29, 1.82) is 0 Å². The molecule has 2 aliphatic heterocycles. The van der Waals surface area contributed by atoms with Gasteiger partial charge in [0, 0.05) is 0 Å². The van der Waals surface area contributed by atoms with Crippen molar-refractivity contribution in [1.82, 2.24) is 19.5 Å². The molecular weight excluding hydrogens is 478 g/mol. The van der Waals surface area contributed by atoms with Crippen molar-refractivity contribution in [2.75, 3.05) is 12.3 Å². The molecule has 0 aliphatic carbocycles. The summed E-state index contributed by atoms with van der Waals surface area (Å²) in [7, 11) is -3.57. The topological polar surface area (TPSA) is 107 Å². The van der Waals surface area contributed by atoms with Gasteiger partial charge < -0.3 is 24.4 Å². The molecule has 0 bridgehead atoms. The molecule has 35 heavy (non-hydrogen) atoms. The lowest BCUT2D eigenvalue weighted by Crippen LogP contribution is -2.44. The third-order valence-electron chi connectivity index (χ3n) is 6.81. The summed E-state index contributed by atoms with van der Waals surface area (Å²) in [5.41, 5.74) is 10.6. The molecule has 0 saturated carbocycles. The van der Waals surface area contributed by atoms with Crippen molar-refractivity contribution in [2.24, 2.45) is 0 Å². The van der Waals surface area contributed by atoms with Crippen LogP contribution in [0.2, 0.25) is 37.8 Å². The number of hydrogen-bond acceptors (Lipinski definition) is 8. The van der Waals surface area contributed by atoms with Crippen LogP contribution < -0.4 is 5.73 Å². The molecule has 9 nitrogen and oxygen atoms in total. The van der Waals surface area contributed by atoms with E-state index in [4.69, 9.17) is 29.4 Å². The highest BCUT2D eigenvalue weighted by atomic mass is 28.4. The number of imidazole rings is 1. The Labute approximate surface area is 210 Å². The zero-order valence-corrected chi connectivity index (χ0v) is 24.6. The van der Waals surface area contributed by atoms with Gasteiger partial charge >= 0.3 is 0 Å². The number of rotatable bonds is 4. The third kappa shape index (κ3) is 5.33. The maximum Gasteiger partial charge on any atom is 0.208 e. The molecule has 4 rings (SSSR count). The first-order chi connectivity index (χ1) is 16.0. The zero-order chi connectivity index (χ0) is 26.0. The summed E-state index contributed by atoms with van der Waals surface area (Å²) in [6.07, 6.45) is 0.278. The Kier molecular flexibility index (Phi) is 6.48. The SMILES string of the molecule is CC1(C)OC2C(CO[Si](C)(C)C(C)(C)C)OC(n3cnc4c(N)nc(C#C[Si](C)(C)C)nc43)C2O1. The minimum Gasteiger partial charge on any atom is -0.414 e. The second kappa shape index (κ2) is 8.64. The fraction of sp³-hybridized carbons (Fsp3) is 0.708. The summed E-state index contributed by atoms with van der Waals surface area (Å²) in [5, 5.41) is 0.0963. The number of nitrogen functional groups attached to an aromatic ring is 1. The van der Waals surface area contributed by atoms with Crippen LogP contribution in [-0.2, 0) is 18.6 Å². The second-order valence-corrected chi connectivity index (χ2v) is 22.0. The predicted octanol–water partition coefficient (Wildman–Crippen LogP) is 4.08. The van der Waals surface area contributed by atoms with E-state index < -0.39 is 28.4 Å². The predicted molar refractivity (Wildman–Crippen MR) is 141 cm³/mol. The first kappa shape index (κ1) is 26.3. The summed E-state index contributed by atoms with van der Waals surface area (Å²) in [6, 6.07) is 0. The highest BCUT2D eigenvalue weighted by Crippen LogP contribution is 2.45. The Balaban J connectivity index is 1.67. The van der Waals surface area contributed by atoms with E-state index in [1.807, 2.05) is 18.4 Å². The first-order valence-corrected chi connectivity index (χ1v) is 18.6. The molecule has 4 heterocycles. The van der Waals surface area contributed by atoms with E-state index in [2.05, 4.69) is 74.9 Å². The highest BCUT2D eigenvalue weighted by molar-refractivity contribution is 6.83. The van der Waals surface area contributed by atoms with Crippen molar-refractivity contribution < 1.29 is 18.6 Å². The van der Waals surface area contributed by atoms with Gasteiger partial charge in [-0.25, -0.2) is 15.0 Å². The average Bonchev–Trinajstić information content (AvgIpc) is 3.34. The Morgan fingerprint density at radius 1 is 1.11 bits per heavy atom. The molecular formula is C24H39N5O4Si2. The fourth-order valence-corrected chi connectivity index (χ4v) is 5.45. The molecule has 0 radical (unpaired) electrons. The van der Waals surface area contributed by atoms with E-state index >= 15 is 0 Å². The zero-order valence-electron chi connectivity index (χ0n) is 22.6. The summed E-state index contributed by atoms with van der Waals surface area (Å²) in [5.74, 6) is 3.05. The summed E-state index contributed by atoms with van der Waals surface area (Å²) < 4.78 is 27.5. The van der Waals surface area contributed by atoms with E-state index in [0.29, 0.717) is 29.4 Å². The third-order valence-corrected chi connectivity index (χ3v) is 12.2. The number of nitrogens with zero attached hydrogens (tertiary/aromatic N) is 4. The molecule has 2 aliphatic rings. The molecule has 2 saturated heterocycles. The van der Waals surface area contributed by atoms with E-state index in [-0.39, 0.29) is 23.4 Å². The van der Waals surface area contributed by atoms with Crippen molar-refractivity contribution in [2.45, 2.75) is 103 Å². The molecule has 192 valence electrons. The normalized spacial score (nSPS) is 26.6. The lowest BCUT2D eigenvalue weighted by Gasteiger charge is -2.37. The monoisotopic (exact) mass is 517 g/mol. The minimum absolute atomic E-state index is 0.0963. The Morgan fingerprint density at radius 3 is 2.40 bits per heavy atom. The van der Waals surface area contributed by atoms with E-state index in [0.717, 1.165) is 0 Å². The van der Waals surface area contributed by atoms with Gasteiger partial charge in [-0.2, -0.15) is 0 Å². The van der Waals surface area contributed by atoms with Gasteiger partial charge in [-0.3, -0.25) is 4.57 Å². The summed E-state index contributed by atoms with van der Waals surface area (Å²) in [4.78, 5) is 13.5. The largest absolute Gasteiger partial charge is 0.414 e. The van der Waals surface area contributed by atoms with Gasteiger partial charge in [0.15, 0.2) is 31.8 Å². The van der Waals surface area contributed by atoms with Crippen LogP contribution in [0.15, 0.2) is 6.33 Å². The fourth-order valence-electron chi connectivity index (χ4n) is 3.95. The molecule has 4 atom stereocenters. The Hall–Kier alpha value is -1.82. The quantitative estimate of drug-likeness (QED) is 0.478.